The standard InChI is InChI=1S/C18H27FN4O/c1-5-22(6-2)17-8-7-15(11-16(17)19)12-20-18-13(3)14(4)21-23(18)9-10-24/h7-8,11,20,24H,5-6,9-10,12H2,1-4H3. The maximum Gasteiger partial charge on any atom is 0.146 e. The van der Waals surface area contributed by atoms with Crippen molar-refractivity contribution in [3.63, 3.8) is 0 Å². The Bertz CT molecular complexity index is 680. The van der Waals surface area contributed by atoms with E-state index in [2.05, 4.69) is 10.4 Å². The molecule has 132 valence electrons. The number of halogens is 1. The molecule has 0 radical (unpaired) electrons. The summed E-state index contributed by atoms with van der Waals surface area (Å²) in [5, 5.41) is 16.9. The maximum atomic E-state index is 14.4. The van der Waals surface area contributed by atoms with E-state index in [1.54, 1.807) is 10.7 Å². The average Bonchev–Trinajstić information content (AvgIpc) is 2.83. The molecule has 1 aromatic heterocycles. The van der Waals surface area contributed by atoms with Gasteiger partial charge in [0.15, 0.2) is 0 Å². The lowest BCUT2D eigenvalue weighted by atomic mass is 10.1. The van der Waals surface area contributed by atoms with Gasteiger partial charge >= 0.3 is 0 Å². The molecule has 1 heterocycles. The predicted molar refractivity (Wildman–Crippen MR) is 96.1 cm³/mol. The highest BCUT2D eigenvalue weighted by atomic mass is 19.1. The lowest BCUT2D eigenvalue weighted by Gasteiger charge is -2.22. The van der Waals surface area contributed by atoms with Crippen LogP contribution in [0.5, 0.6) is 0 Å². The molecule has 0 aliphatic carbocycles. The fourth-order valence-electron chi connectivity index (χ4n) is 2.82. The number of aromatic nitrogens is 2. The molecule has 0 amide bonds. The van der Waals surface area contributed by atoms with Crippen molar-refractivity contribution in [1.29, 1.82) is 0 Å². The molecule has 0 aliphatic heterocycles. The van der Waals surface area contributed by atoms with Crippen LogP contribution >= 0.6 is 0 Å². The fraction of sp³-hybridized carbons (Fsp3) is 0.500. The monoisotopic (exact) mass is 334 g/mol. The first kappa shape index (κ1) is 18.3. The van der Waals surface area contributed by atoms with E-state index in [0.29, 0.717) is 18.8 Å². The Hall–Kier alpha value is -2.08. The summed E-state index contributed by atoms with van der Waals surface area (Å²) in [6.45, 7) is 10.5. The van der Waals surface area contributed by atoms with Crippen LogP contribution in [0.2, 0.25) is 0 Å². The molecule has 0 unspecified atom stereocenters. The van der Waals surface area contributed by atoms with Gasteiger partial charge in [-0.3, -0.25) is 0 Å². The molecule has 0 atom stereocenters. The average molecular weight is 334 g/mol. The van der Waals surface area contributed by atoms with Crippen LogP contribution in [0.4, 0.5) is 15.9 Å². The first-order valence-electron chi connectivity index (χ1n) is 8.43. The van der Waals surface area contributed by atoms with Gasteiger partial charge in [-0.25, -0.2) is 9.07 Å². The Morgan fingerprint density at radius 3 is 2.54 bits per heavy atom. The van der Waals surface area contributed by atoms with Gasteiger partial charge in [-0.1, -0.05) is 6.07 Å². The van der Waals surface area contributed by atoms with Gasteiger partial charge in [0.2, 0.25) is 0 Å². The van der Waals surface area contributed by atoms with Gasteiger partial charge in [-0.15, -0.1) is 0 Å². The second-order valence-corrected chi connectivity index (χ2v) is 5.82. The highest BCUT2D eigenvalue weighted by molar-refractivity contribution is 5.51. The number of anilines is 2. The van der Waals surface area contributed by atoms with Gasteiger partial charge in [-0.05, 0) is 45.4 Å². The van der Waals surface area contributed by atoms with Crippen LogP contribution in [-0.2, 0) is 13.1 Å². The zero-order chi connectivity index (χ0) is 17.7. The van der Waals surface area contributed by atoms with E-state index in [1.807, 2.05) is 44.7 Å². The normalized spacial score (nSPS) is 10.9. The molecule has 0 spiro atoms. The van der Waals surface area contributed by atoms with Crippen molar-refractivity contribution < 1.29 is 9.50 Å². The van der Waals surface area contributed by atoms with E-state index in [0.717, 1.165) is 35.7 Å². The lowest BCUT2D eigenvalue weighted by Crippen LogP contribution is -2.23. The highest BCUT2D eigenvalue weighted by Gasteiger charge is 2.12. The third-order valence-electron chi connectivity index (χ3n) is 4.31. The summed E-state index contributed by atoms with van der Waals surface area (Å²) < 4.78 is 16.1. The van der Waals surface area contributed by atoms with Crippen molar-refractivity contribution in [2.45, 2.75) is 40.8 Å². The number of nitrogens with one attached hydrogen (secondary N) is 1. The summed E-state index contributed by atoms with van der Waals surface area (Å²) >= 11 is 0. The molecular formula is C18H27FN4O. The van der Waals surface area contributed by atoms with E-state index < -0.39 is 0 Å². The summed E-state index contributed by atoms with van der Waals surface area (Å²) in [6, 6.07) is 5.36. The third kappa shape index (κ3) is 3.87. The molecule has 0 bridgehead atoms. The van der Waals surface area contributed by atoms with Crippen LogP contribution in [0, 0.1) is 19.7 Å². The molecule has 2 aromatic rings. The molecule has 2 N–H and O–H groups in total. The topological polar surface area (TPSA) is 53.3 Å². The lowest BCUT2D eigenvalue weighted by molar-refractivity contribution is 0.270. The van der Waals surface area contributed by atoms with E-state index in [1.165, 1.54) is 0 Å². The molecule has 1 aromatic carbocycles. The molecule has 5 nitrogen and oxygen atoms in total. The van der Waals surface area contributed by atoms with E-state index in [9.17, 15) is 4.39 Å². The summed E-state index contributed by atoms with van der Waals surface area (Å²) in [4.78, 5) is 2.00. The minimum atomic E-state index is -0.199. The fourth-order valence-corrected chi connectivity index (χ4v) is 2.82. The zero-order valence-corrected chi connectivity index (χ0v) is 14.9. The van der Waals surface area contributed by atoms with Gasteiger partial charge in [0, 0.05) is 25.2 Å². The van der Waals surface area contributed by atoms with Crippen LogP contribution < -0.4 is 10.2 Å². The quantitative estimate of drug-likeness (QED) is 0.779. The second-order valence-electron chi connectivity index (χ2n) is 5.82. The van der Waals surface area contributed by atoms with Crippen molar-refractivity contribution >= 4 is 11.5 Å². The molecule has 0 saturated carbocycles. The number of aliphatic hydroxyl groups is 1. The van der Waals surface area contributed by atoms with Gasteiger partial charge < -0.3 is 15.3 Å². The largest absolute Gasteiger partial charge is 0.394 e. The Morgan fingerprint density at radius 2 is 1.96 bits per heavy atom. The third-order valence-corrected chi connectivity index (χ3v) is 4.31. The van der Waals surface area contributed by atoms with E-state index in [-0.39, 0.29) is 12.4 Å². The Balaban J connectivity index is 2.14. The van der Waals surface area contributed by atoms with E-state index in [4.69, 9.17) is 5.11 Å². The van der Waals surface area contributed by atoms with E-state index >= 15 is 0 Å². The van der Waals surface area contributed by atoms with Gasteiger partial charge in [0.1, 0.15) is 11.6 Å². The van der Waals surface area contributed by atoms with Crippen LogP contribution in [-0.4, -0.2) is 34.6 Å². The Labute approximate surface area is 143 Å². The number of benzene rings is 1. The molecular weight excluding hydrogens is 307 g/mol. The molecule has 0 fully saturated rings. The van der Waals surface area contributed by atoms with Crippen molar-refractivity contribution in [2.75, 3.05) is 29.9 Å². The Kier molecular flexibility index (Phi) is 6.20. The van der Waals surface area contributed by atoms with Crippen LogP contribution in [0.25, 0.3) is 0 Å². The Morgan fingerprint density at radius 1 is 1.25 bits per heavy atom. The number of hydrogen-bond acceptors (Lipinski definition) is 4. The van der Waals surface area contributed by atoms with Gasteiger partial charge in [-0.2, -0.15) is 5.10 Å². The summed E-state index contributed by atoms with van der Waals surface area (Å²) in [6.07, 6.45) is 0. The number of aryl methyl sites for hydroxylation is 1. The first-order valence-corrected chi connectivity index (χ1v) is 8.43. The van der Waals surface area contributed by atoms with Crippen LogP contribution in [0.3, 0.4) is 0 Å². The molecule has 24 heavy (non-hydrogen) atoms. The predicted octanol–water partition coefficient (Wildman–Crippen LogP) is 3.09. The molecule has 0 saturated heterocycles. The zero-order valence-electron chi connectivity index (χ0n) is 14.9. The van der Waals surface area contributed by atoms with Crippen molar-refractivity contribution in [1.82, 2.24) is 9.78 Å². The SMILES string of the molecule is CCN(CC)c1ccc(CNc2c(C)c(C)nn2CCO)cc1F. The number of rotatable bonds is 8. The minimum Gasteiger partial charge on any atom is -0.394 e. The van der Waals surface area contributed by atoms with Gasteiger partial charge in [0.05, 0.1) is 24.5 Å². The molecule has 0 aliphatic rings. The van der Waals surface area contributed by atoms with Gasteiger partial charge in [0.25, 0.3) is 0 Å². The summed E-state index contributed by atoms with van der Waals surface area (Å²) in [7, 11) is 0. The van der Waals surface area contributed by atoms with Crippen molar-refractivity contribution in [2.24, 2.45) is 0 Å². The smallest absolute Gasteiger partial charge is 0.146 e. The number of aliphatic hydroxyl groups excluding tert-OH is 1. The summed E-state index contributed by atoms with van der Waals surface area (Å²) in [5.41, 5.74) is 3.48. The highest BCUT2D eigenvalue weighted by Crippen LogP contribution is 2.22. The second kappa shape index (κ2) is 8.15. The number of nitrogens with zero attached hydrogens (tertiary/aromatic N) is 3. The van der Waals surface area contributed by atoms with Crippen LogP contribution in [0.15, 0.2) is 18.2 Å². The number of hydrogen-bond donors (Lipinski definition) is 2. The summed E-state index contributed by atoms with van der Waals surface area (Å²) in [5.74, 6) is 0.671. The van der Waals surface area contributed by atoms with Crippen molar-refractivity contribution in [3.8, 4) is 0 Å². The minimum absolute atomic E-state index is 0.0302. The first-order chi connectivity index (χ1) is 11.5. The maximum absolute atomic E-state index is 14.4. The van der Waals surface area contributed by atoms with Crippen molar-refractivity contribution in [3.05, 3.63) is 40.8 Å². The molecule has 6 heteroatoms. The van der Waals surface area contributed by atoms with Crippen LogP contribution in [0.1, 0.15) is 30.7 Å². The molecule has 2 rings (SSSR count).